The standard InChI is InChI=1S/C10H20N2O/c1-8(7-11)12-10(13)6-9-4-2-3-5-9/h8-9H,2-7,11H2,1H3,(H,12,13)/t8-/m1/s1. The van der Waals surface area contributed by atoms with Crippen LogP contribution in [0.3, 0.4) is 0 Å². The van der Waals surface area contributed by atoms with Crippen LogP contribution in [-0.2, 0) is 4.79 Å². The Labute approximate surface area is 80.1 Å². The average Bonchev–Trinajstić information content (AvgIpc) is 2.56. The number of nitrogens with one attached hydrogen (secondary N) is 1. The third-order valence-electron chi connectivity index (χ3n) is 2.71. The van der Waals surface area contributed by atoms with Crippen LogP contribution in [0.1, 0.15) is 39.0 Å². The van der Waals surface area contributed by atoms with Crippen LogP contribution in [0.5, 0.6) is 0 Å². The molecule has 1 amide bonds. The lowest BCUT2D eigenvalue weighted by molar-refractivity contribution is -0.122. The maximum Gasteiger partial charge on any atom is 0.220 e. The van der Waals surface area contributed by atoms with Gasteiger partial charge in [-0.3, -0.25) is 4.79 Å². The molecule has 0 heterocycles. The minimum atomic E-state index is 0.119. The number of hydrogen-bond donors (Lipinski definition) is 2. The van der Waals surface area contributed by atoms with Crippen LogP contribution in [-0.4, -0.2) is 18.5 Å². The Hall–Kier alpha value is -0.570. The molecule has 0 spiro atoms. The topological polar surface area (TPSA) is 55.1 Å². The van der Waals surface area contributed by atoms with Crippen molar-refractivity contribution in [3.8, 4) is 0 Å². The third kappa shape index (κ3) is 3.77. The molecular weight excluding hydrogens is 164 g/mol. The minimum absolute atomic E-state index is 0.119. The summed E-state index contributed by atoms with van der Waals surface area (Å²) in [4.78, 5) is 11.4. The number of carbonyl (C=O) groups excluding carboxylic acids is 1. The molecule has 76 valence electrons. The van der Waals surface area contributed by atoms with Gasteiger partial charge in [0.15, 0.2) is 0 Å². The molecule has 0 aromatic rings. The molecular formula is C10H20N2O. The molecule has 1 aliphatic carbocycles. The molecule has 13 heavy (non-hydrogen) atoms. The second kappa shape index (κ2) is 5.22. The first-order valence-corrected chi connectivity index (χ1v) is 5.21. The molecule has 1 atom stereocenters. The highest BCUT2D eigenvalue weighted by molar-refractivity contribution is 5.76. The zero-order chi connectivity index (χ0) is 9.68. The van der Waals surface area contributed by atoms with Gasteiger partial charge in [-0.1, -0.05) is 12.8 Å². The summed E-state index contributed by atoms with van der Waals surface area (Å²) in [5.41, 5.74) is 5.41. The van der Waals surface area contributed by atoms with E-state index in [0.717, 1.165) is 0 Å². The molecule has 0 aromatic carbocycles. The highest BCUT2D eigenvalue weighted by atomic mass is 16.1. The first-order chi connectivity index (χ1) is 6.22. The predicted octanol–water partition coefficient (Wildman–Crippen LogP) is 1.03. The number of nitrogens with two attached hydrogens (primary N) is 1. The van der Waals surface area contributed by atoms with E-state index in [2.05, 4.69) is 5.32 Å². The summed E-state index contributed by atoms with van der Waals surface area (Å²) in [6.07, 6.45) is 5.74. The second-order valence-electron chi connectivity index (χ2n) is 4.06. The van der Waals surface area contributed by atoms with E-state index in [1.165, 1.54) is 25.7 Å². The van der Waals surface area contributed by atoms with Crippen LogP contribution in [0.15, 0.2) is 0 Å². The zero-order valence-electron chi connectivity index (χ0n) is 8.38. The monoisotopic (exact) mass is 184 g/mol. The minimum Gasteiger partial charge on any atom is -0.352 e. The fourth-order valence-corrected chi connectivity index (χ4v) is 1.87. The molecule has 1 aliphatic rings. The van der Waals surface area contributed by atoms with E-state index in [4.69, 9.17) is 5.73 Å². The van der Waals surface area contributed by atoms with Crippen LogP contribution in [0.4, 0.5) is 0 Å². The fourth-order valence-electron chi connectivity index (χ4n) is 1.87. The number of rotatable bonds is 4. The fraction of sp³-hybridized carbons (Fsp3) is 0.900. The highest BCUT2D eigenvalue weighted by Crippen LogP contribution is 2.27. The summed E-state index contributed by atoms with van der Waals surface area (Å²) in [5.74, 6) is 0.801. The molecule has 0 aromatic heterocycles. The van der Waals surface area contributed by atoms with Crippen molar-refractivity contribution in [2.24, 2.45) is 11.7 Å². The van der Waals surface area contributed by atoms with Crippen molar-refractivity contribution in [3.05, 3.63) is 0 Å². The van der Waals surface area contributed by atoms with E-state index >= 15 is 0 Å². The molecule has 3 nitrogen and oxygen atoms in total. The van der Waals surface area contributed by atoms with Crippen molar-refractivity contribution < 1.29 is 4.79 Å². The second-order valence-corrected chi connectivity index (χ2v) is 4.06. The van der Waals surface area contributed by atoms with Gasteiger partial charge >= 0.3 is 0 Å². The van der Waals surface area contributed by atoms with Crippen molar-refractivity contribution >= 4 is 5.91 Å². The smallest absolute Gasteiger partial charge is 0.220 e. The molecule has 1 fully saturated rings. The zero-order valence-corrected chi connectivity index (χ0v) is 8.38. The van der Waals surface area contributed by atoms with Gasteiger partial charge in [0.25, 0.3) is 0 Å². The SMILES string of the molecule is C[C@H](CN)NC(=O)CC1CCCC1. The van der Waals surface area contributed by atoms with Crippen molar-refractivity contribution in [1.29, 1.82) is 0 Å². The van der Waals surface area contributed by atoms with E-state index < -0.39 is 0 Å². The van der Waals surface area contributed by atoms with Gasteiger partial charge in [0.2, 0.25) is 5.91 Å². The third-order valence-corrected chi connectivity index (χ3v) is 2.71. The molecule has 0 unspecified atom stereocenters. The predicted molar refractivity (Wildman–Crippen MR) is 53.2 cm³/mol. The van der Waals surface area contributed by atoms with Gasteiger partial charge in [-0.2, -0.15) is 0 Å². The molecule has 0 saturated heterocycles. The lowest BCUT2D eigenvalue weighted by Gasteiger charge is -2.13. The lowest BCUT2D eigenvalue weighted by Crippen LogP contribution is -2.38. The first-order valence-electron chi connectivity index (χ1n) is 5.21. The number of amides is 1. The van der Waals surface area contributed by atoms with Crippen LogP contribution >= 0.6 is 0 Å². The number of carbonyl (C=O) groups is 1. The van der Waals surface area contributed by atoms with Crippen LogP contribution < -0.4 is 11.1 Å². The van der Waals surface area contributed by atoms with Crippen LogP contribution in [0.25, 0.3) is 0 Å². The van der Waals surface area contributed by atoms with Crippen molar-refractivity contribution in [1.82, 2.24) is 5.32 Å². The lowest BCUT2D eigenvalue weighted by atomic mass is 10.0. The molecule has 0 radical (unpaired) electrons. The van der Waals surface area contributed by atoms with Gasteiger partial charge in [0.1, 0.15) is 0 Å². The summed E-state index contributed by atoms with van der Waals surface area (Å²) in [5, 5.41) is 2.89. The van der Waals surface area contributed by atoms with Gasteiger partial charge in [-0.25, -0.2) is 0 Å². The molecule has 1 rings (SSSR count). The van der Waals surface area contributed by atoms with E-state index in [1.54, 1.807) is 0 Å². The highest BCUT2D eigenvalue weighted by Gasteiger charge is 2.18. The van der Waals surface area contributed by atoms with E-state index in [0.29, 0.717) is 18.9 Å². The van der Waals surface area contributed by atoms with Crippen LogP contribution in [0, 0.1) is 5.92 Å². The Morgan fingerprint density at radius 3 is 2.69 bits per heavy atom. The molecule has 3 N–H and O–H groups in total. The van der Waals surface area contributed by atoms with Crippen molar-refractivity contribution in [3.63, 3.8) is 0 Å². The summed E-state index contributed by atoms with van der Waals surface area (Å²) in [6.45, 7) is 2.46. The summed E-state index contributed by atoms with van der Waals surface area (Å²) < 4.78 is 0. The molecule has 0 bridgehead atoms. The Bertz CT molecular complexity index is 164. The van der Waals surface area contributed by atoms with E-state index in [1.807, 2.05) is 6.92 Å². The van der Waals surface area contributed by atoms with Gasteiger partial charge < -0.3 is 11.1 Å². The first kappa shape index (κ1) is 10.5. The molecule has 1 saturated carbocycles. The number of hydrogen-bond acceptors (Lipinski definition) is 2. The Balaban J connectivity index is 2.16. The summed E-state index contributed by atoms with van der Waals surface area (Å²) in [7, 11) is 0. The Kier molecular flexibility index (Phi) is 4.22. The summed E-state index contributed by atoms with van der Waals surface area (Å²) >= 11 is 0. The van der Waals surface area contributed by atoms with E-state index in [-0.39, 0.29) is 11.9 Å². The largest absolute Gasteiger partial charge is 0.352 e. The van der Waals surface area contributed by atoms with Gasteiger partial charge in [-0.05, 0) is 25.7 Å². The maximum absolute atomic E-state index is 11.4. The van der Waals surface area contributed by atoms with E-state index in [9.17, 15) is 4.79 Å². The normalized spacial score (nSPS) is 20.2. The quantitative estimate of drug-likeness (QED) is 0.685. The van der Waals surface area contributed by atoms with Crippen molar-refractivity contribution in [2.45, 2.75) is 45.1 Å². The maximum atomic E-state index is 11.4. The average molecular weight is 184 g/mol. The Morgan fingerprint density at radius 2 is 2.15 bits per heavy atom. The van der Waals surface area contributed by atoms with Gasteiger partial charge in [0.05, 0.1) is 0 Å². The molecule has 3 heteroatoms. The Morgan fingerprint density at radius 1 is 1.54 bits per heavy atom. The summed E-state index contributed by atoms with van der Waals surface area (Å²) in [6, 6.07) is 0.119. The van der Waals surface area contributed by atoms with Crippen molar-refractivity contribution in [2.75, 3.05) is 6.54 Å². The molecule has 0 aliphatic heterocycles. The van der Waals surface area contributed by atoms with Gasteiger partial charge in [0, 0.05) is 19.0 Å². The van der Waals surface area contributed by atoms with Crippen LogP contribution in [0.2, 0.25) is 0 Å². The van der Waals surface area contributed by atoms with Gasteiger partial charge in [-0.15, -0.1) is 0 Å².